The van der Waals surface area contributed by atoms with E-state index in [0.717, 1.165) is 12.1 Å². The van der Waals surface area contributed by atoms with E-state index in [2.05, 4.69) is 27.2 Å². The molecular formula is C11H11BrFN. The van der Waals surface area contributed by atoms with Crippen LogP contribution in [-0.4, -0.2) is 6.54 Å². The Bertz CT molecular complexity index is 357. The van der Waals surface area contributed by atoms with Gasteiger partial charge in [-0.2, -0.15) is 0 Å². The highest BCUT2D eigenvalue weighted by molar-refractivity contribution is 9.10. The Morgan fingerprint density at radius 3 is 2.93 bits per heavy atom. The Morgan fingerprint density at radius 1 is 1.64 bits per heavy atom. The van der Waals surface area contributed by atoms with E-state index in [1.165, 1.54) is 6.07 Å². The summed E-state index contributed by atoms with van der Waals surface area (Å²) in [5, 5.41) is 3.08. The molecule has 0 bridgehead atoms. The van der Waals surface area contributed by atoms with Gasteiger partial charge in [0.2, 0.25) is 0 Å². The molecule has 0 fully saturated rings. The fourth-order valence-corrected chi connectivity index (χ4v) is 1.70. The third-order valence-electron chi connectivity index (χ3n) is 1.87. The first-order chi connectivity index (χ1) is 6.70. The van der Waals surface area contributed by atoms with Crippen LogP contribution >= 0.6 is 15.9 Å². The summed E-state index contributed by atoms with van der Waals surface area (Å²) in [7, 11) is 0. The molecule has 1 rings (SSSR count). The van der Waals surface area contributed by atoms with Crippen molar-refractivity contribution < 1.29 is 4.39 Å². The highest BCUT2D eigenvalue weighted by Crippen LogP contribution is 2.25. The second-order valence-electron chi connectivity index (χ2n) is 2.80. The summed E-state index contributed by atoms with van der Waals surface area (Å²) in [6.07, 6.45) is 5.35. The molecule has 14 heavy (non-hydrogen) atoms. The predicted molar refractivity (Wildman–Crippen MR) is 59.4 cm³/mol. The molecule has 3 heteroatoms. The minimum Gasteiger partial charge on any atom is -0.300 e. The van der Waals surface area contributed by atoms with Crippen LogP contribution in [0.5, 0.6) is 0 Å². The van der Waals surface area contributed by atoms with E-state index < -0.39 is 0 Å². The Labute approximate surface area is 91.8 Å². The van der Waals surface area contributed by atoms with Gasteiger partial charge in [-0.15, -0.1) is 6.42 Å². The molecule has 1 nitrogen and oxygen atoms in total. The van der Waals surface area contributed by atoms with Crippen LogP contribution in [0, 0.1) is 18.2 Å². The molecular weight excluding hydrogens is 245 g/mol. The maximum absolute atomic E-state index is 13.2. The van der Waals surface area contributed by atoms with Crippen molar-refractivity contribution in [2.75, 3.05) is 6.54 Å². The molecule has 0 saturated heterocycles. The van der Waals surface area contributed by atoms with Crippen LogP contribution in [-0.2, 0) is 0 Å². The second kappa shape index (κ2) is 5.14. The molecule has 0 aromatic heterocycles. The maximum atomic E-state index is 13.2. The largest absolute Gasteiger partial charge is 0.300 e. The first-order valence-electron chi connectivity index (χ1n) is 4.34. The van der Waals surface area contributed by atoms with Gasteiger partial charge >= 0.3 is 0 Å². The summed E-state index contributed by atoms with van der Waals surface area (Å²) in [4.78, 5) is 0. The van der Waals surface area contributed by atoms with Gasteiger partial charge in [0.1, 0.15) is 5.82 Å². The average Bonchev–Trinajstić information content (AvgIpc) is 2.19. The van der Waals surface area contributed by atoms with Crippen molar-refractivity contribution in [1.29, 1.82) is 0 Å². The summed E-state index contributed by atoms with van der Waals surface area (Å²) >= 11 is 3.18. The van der Waals surface area contributed by atoms with Crippen LogP contribution in [0.1, 0.15) is 18.5 Å². The number of nitrogens with one attached hydrogen (secondary N) is 1. The van der Waals surface area contributed by atoms with Crippen LogP contribution in [0.2, 0.25) is 0 Å². The average molecular weight is 256 g/mol. The molecule has 0 aliphatic carbocycles. The zero-order valence-corrected chi connectivity index (χ0v) is 9.44. The number of hydrogen-bond acceptors (Lipinski definition) is 1. The van der Waals surface area contributed by atoms with Gasteiger partial charge in [0.05, 0.1) is 10.5 Å². The topological polar surface area (TPSA) is 12.0 Å². The molecule has 1 unspecified atom stereocenters. The van der Waals surface area contributed by atoms with E-state index in [0.29, 0.717) is 4.47 Å². The van der Waals surface area contributed by atoms with Crippen LogP contribution in [0.25, 0.3) is 0 Å². The van der Waals surface area contributed by atoms with E-state index in [9.17, 15) is 4.39 Å². The minimum atomic E-state index is -0.291. The Hall–Kier alpha value is -0.850. The summed E-state index contributed by atoms with van der Waals surface area (Å²) in [6.45, 7) is 2.70. The molecule has 0 saturated carbocycles. The standard InChI is InChI=1S/C11H11BrFN/c1-3-10(14-4-2)8-6-5-7-9(13)11(8)12/h1,5-7,10,14H,4H2,2H3. The summed E-state index contributed by atoms with van der Waals surface area (Å²) in [5.74, 6) is 2.29. The zero-order chi connectivity index (χ0) is 10.6. The third-order valence-corrected chi connectivity index (χ3v) is 2.70. The lowest BCUT2D eigenvalue weighted by atomic mass is 10.1. The molecule has 0 aliphatic heterocycles. The van der Waals surface area contributed by atoms with Crippen molar-refractivity contribution in [2.45, 2.75) is 13.0 Å². The molecule has 1 aromatic rings. The molecule has 0 amide bonds. The molecule has 1 aromatic carbocycles. The number of terminal acetylenes is 1. The van der Waals surface area contributed by atoms with Gasteiger partial charge in [-0.05, 0) is 34.1 Å². The number of rotatable bonds is 3. The molecule has 1 N–H and O–H groups in total. The number of hydrogen-bond donors (Lipinski definition) is 1. The van der Waals surface area contributed by atoms with Crippen molar-refractivity contribution in [3.63, 3.8) is 0 Å². The van der Waals surface area contributed by atoms with E-state index in [-0.39, 0.29) is 11.9 Å². The predicted octanol–water partition coefficient (Wildman–Crippen LogP) is 2.87. The van der Waals surface area contributed by atoms with E-state index >= 15 is 0 Å². The van der Waals surface area contributed by atoms with Gasteiger partial charge in [0.25, 0.3) is 0 Å². The van der Waals surface area contributed by atoms with Crippen LogP contribution < -0.4 is 5.32 Å². The van der Waals surface area contributed by atoms with Gasteiger partial charge in [-0.25, -0.2) is 4.39 Å². The monoisotopic (exact) mass is 255 g/mol. The summed E-state index contributed by atoms with van der Waals surface area (Å²) < 4.78 is 13.6. The van der Waals surface area contributed by atoms with Crippen molar-refractivity contribution in [1.82, 2.24) is 5.32 Å². The van der Waals surface area contributed by atoms with Crippen LogP contribution in [0.15, 0.2) is 22.7 Å². The second-order valence-corrected chi connectivity index (χ2v) is 3.59. The normalized spacial score (nSPS) is 12.1. The Balaban J connectivity index is 3.05. The first kappa shape index (κ1) is 11.2. The fraction of sp³-hybridized carbons (Fsp3) is 0.273. The van der Waals surface area contributed by atoms with Gasteiger partial charge in [-0.1, -0.05) is 25.0 Å². The lowest BCUT2D eigenvalue weighted by molar-refractivity contribution is 0.606. The summed E-state index contributed by atoms with van der Waals surface area (Å²) in [5.41, 5.74) is 0.759. The number of halogens is 2. The van der Waals surface area contributed by atoms with Crippen LogP contribution in [0.3, 0.4) is 0 Å². The molecule has 74 valence electrons. The fourth-order valence-electron chi connectivity index (χ4n) is 1.21. The van der Waals surface area contributed by atoms with Gasteiger partial charge in [-0.3, -0.25) is 0 Å². The maximum Gasteiger partial charge on any atom is 0.137 e. The zero-order valence-electron chi connectivity index (χ0n) is 7.85. The smallest absolute Gasteiger partial charge is 0.137 e. The van der Waals surface area contributed by atoms with E-state index in [4.69, 9.17) is 6.42 Å². The Morgan fingerprint density at radius 2 is 2.36 bits per heavy atom. The van der Waals surface area contributed by atoms with Gasteiger partial charge in [0.15, 0.2) is 0 Å². The molecule has 0 heterocycles. The molecule has 0 radical (unpaired) electrons. The minimum absolute atomic E-state index is 0.245. The lowest BCUT2D eigenvalue weighted by Gasteiger charge is -2.13. The van der Waals surface area contributed by atoms with Crippen molar-refractivity contribution in [3.8, 4) is 12.3 Å². The van der Waals surface area contributed by atoms with Crippen LogP contribution in [0.4, 0.5) is 4.39 Å². The molecule has 0 aliphatic rings. The van der Waals surface area contributed by atoms with E-state index in [1.54, 1.807) is 12.1 Å². The third kappa shape index (κ3) is 2.34. The molecule has 0 spiro atoms. The molecule has 1 atom stereocenters. The quantitative estimate of drug-likeness (QED) is 0.820. The van der Waals surface area contributed by atoms with Gasteiger partial charge in [0, 0.05) is 0 Å². The van der Waals surface area contributed by atoms with E-state index in [1.807, 2.05) is 6.92 Å². The van der Waals surface area contributed by atoms with Crippen molar-refractivity contribution in [2.24, 2.45) is 0 Å². The van der Waals surface area contributed by atoms with Gasteiger partial charge < -0.3 is 5.32 Å². The first-order valence-corrected chi connectivity index (χ1v) is 5.13. The van der Waals surface area contributed by atoms with Crippen molar-refractivity contribution in [3.05, 3.63) is 34.1 Å². The number of benzene rings is 1. The summed E-state index contributed by atoms with van der Waals surface area (Å²) in [6, 6.07) is 4.61. The van der Waals surface area contributed by atoms with Crippen molar-refractivity contribution >= 4 is 15.9 Å². The Kier molecular flexibility index (Phi) is 4.12. The highest BCUT2D eigenvalue weighted by atomic mass is 79.9. The highest BCUT2D eigenvalue weighted by Gasteiger charge is 2.12. The lowest BCUT2D eigenvalue weighted by Crippen LogP contribution is -2.19. The SMILES string of the molecule is C#CC(NCC)c1cccc(F)c1Br.